The monoisotopic (exact) mass is 388 g/mol. The summed E-state index contributed by atoms with van der Waals surface area (Å²) in [6.45, 7) is 2.54. The largest absolute Gasteiger partial charge is 0.486 e. The van der Waals surface area contributed by atoms with Crippen LogP contribution in [-0.4, -0.2) is 52.1 Å². The summed E-state index contributed by atoms with van der Waals surface area (Å²) >= 11 is 0. The molecule has 2 heterocycles. The van der Waals surface area contributed by atoms with E-state index in [1.54, 1.807) is 25.2 Å². The summed E-state index contributed by atoms with van der Waals surface area (Å²) in [7, 11) is -1.93. The highest BCUT2D eigenvalue weighted by Crippen LogP contribution is 2.34. The molecule has 0 amide bonds. The van der Waals surface area contributed by atoms with E-state index in [1.807, 2.05) is 18.2 Å². The maximum atomic E-state index is 13.2. The average Bonchev–Trinajstić information content (AvgIpc) is 2.73. The topological polar surface area (TPSA) is 59.1 Å². The van der Waals surface area contributed by atoms with Crippen LogP contribution in [0.5, 0.6) is 11.5 Å². The Balaban J connectivity index is 1.55. The second-order valence-corrected chi connectivity index (χ2v) is 8.90. The first-order valence-corrected chi connectivity index (χ1v) is 10.7. The van der Waals surface area contributed by atoms with Crippen LogP contribution in [0.2, 0.25) is 0 Å². The van der Waals surface area contributed by atoms with Crippen molar-refractivity contribution >= 4 is 15.7 Å². The van der Waals surface area contributed by atoms with Crippen molar-refractivity contribution in [3.8, 4) is 11.5 Å². The Morgan fingerprint density at radius 1 is 1.04 bits per heavy atom. The minimum atomic E-state index is -3.61. The molecule has 2 aliphatic rings. The van der Waals surface area contributed by atoms with Gasteiger partial charge in [-0.1, -0.05) is 18.2 Å². The second kappa shape index (κ2) is 7.40. The van der Waals surface area contributed by atoms with Crippen LogP contribution in [0.15, 0.2) is 53.4 Å². The highest BCUT2D eigenvalue weighted by atomic mass is 32.2. The van der Waals surface area contributed by atoms with Gasteiger partial charge in [-0.2, -0.15) is 4.31 Å². The molecule has 6 nitrogen and oxygen atoms in total. The summed E-state index contributed by atoms with van der Waals surface area (Å²) in [5.41, 5.74) is 1.13. The molecule has 0 unspecified atom stereocenters. The Morgan fingerprint density at radius 2 is 1.78 bits per heavy atom. The van der Waals surface area contributed by atoms with Crippen LogP contribution < -0.4 is 14.4 Å². The van der Waals surface area contributed by atoms with Crippen LogP contribution in [0.25, 0.3) is 0 Å². The molecule has 0 aromatic heterocycles. The molecule has 2 aromatic carbocycles. The number of hydrogen-bond acceptors (Lipinski definition) is 5. The molecule has 0 aliphatic carbocycles. The third kappa shape index (κ3) is 3.61. The van der Waals surface area contributed by atoms with Gasteiger partial charge in [-0.25, -0.2) is 8.42 Å². The van der Waals surface area contributed by atoms with Crippen molar-refractivity contribution in [2.75, 3.05) is 38.3 Å². The summed E-state index contributed by atoms with van der Waals surface area (Å²) < 4.78 is 38.9. The van der Waals surface area contributed by atoms with Crippen molar-refractivity contribution in [3.63, 3.8) is 0 Å². The Hall–Kier alpha value is -2.25. The van der Waals surface area contributed by atoms with E-state index in [4.69, 9.17) is 9.47 Å². The molecule has 0 radical (unpaired) electrons. The lowest BCUT2D eigenvalue weighted by atomic mass is 10.1. The van der Waals surface area contributed by atoms with Crippen LogP contribution >= 0.6 is 0 Å². The van der Waals surface area contributed by atoms with E-state index in [-0.39, 0.29) is 10.9 Å². The molecule has 2 aromatic rings. The maximum absolute atomic E-state index is 13.2. The number of fused-ring (bicyclic) bond motifs is 1. The highest BCUT2D eigenvalue weighted by Gasteiger charge is 2.32. The van der Waals surface area contributed by atoms with E-state index in [1.165, 1.54) is 4.31 Å². The Morgan fingerprint density at radius 3 is 2.56 bits per heavy atom. The van der Waals surface area contributed by atoms with Gasteiger partial charge >= 0.3 is 0 Å². The van der Waals surface area contributed by atoms with Crippen molar-refractivity contribution < 1.29 is 17.9 Å². The number of para-hydroxylation sites is 1. The molecule has 1 saturated heterocycles. The first-order valence-electron chi connectivity index (χ1n) is 9.23. The number of anilines is 1. The van der Waals surface area contributed by atoms with Crippen LogP contribution in [0.1, 0.15) is 12.8 Å². The lowest BCUT2D eigenvalue weighted by molar-refractivity contribution is 0.171. The van der Waals surface area contributed by atoms with Gasteiger partial charge in [0.15, 0.2) is 11.5 Å². The molecule has 1 fully saturated rings. The van der Waals surface area contributed by atoms with E-state index in [0.717, 1.165) is 25.1 Å². The minimum absolute atomic E-state index is 0.0721. The van der Waals surface area contributed by atoms with Crippen molar-refractivity contribution in [2.24, 2.45) is 0 Å². The molecule has 7 heteroatoms. The predicted octanol–water partition coefficient (Wildman–Crippen LogP) is 2.75. The van der Waals surface area contributed by atoms with Crippen LogP contribution in [-0.2, 0) is 10.0 Å². The number of piperidine rings is 1. The number of ether oxygens (including phenoxy) is 2. The number of rotatable bonds is 4. The van der Waals surface area contributed by atoms with Gasteiger partial charge in [-0.3, -0.25) is 0 Å². The van der Waals surface area contributed by atoms with Gasteiger partial charge < -0.3 is 14.4 Å². The molecular weight excluding hydrogens is 364 g/mol. The third-order valence-corrected chi connectivity index (χ3v) is 7.13. The summed E-state index contributed by atoms with van der Waals surface area (Å²) in [5, 5.41) is 0. The molecule has 27 heavy (non-hydrogen) atoms. The Labute approximate surface area is 160 Å². The number of sulfonamides is 1. The lowest BCUT2D eigenvalue weighted by Gasteiger charge is -2.38. The van der Waals surface area contributed by atoms with E-state index in [9.17, 15) is 8.42 Å². The van der Waals surface area contributed by atoms with Gasteiger partial charge in [-0.05, 0) is 37.1 Å². The molecule has 0 N–H and O–H groups in total. The SMILES string of the molecule is CN([C@H]1CCCN(c2ccccc2)C1)S(=O)(=O)c1ccc2c(c1)OCCO2. The van der Waals surface area contributed by atoms with Gasteiger partial charge in [0.05, 0.1) is 4.90 Å². The molecule has 4 rings (SSSR count). The fraction of sp³-hybridized carbons (Fsp3) is 0.400. The van der Waals surface area contributed by atoms with Gasteiger partial charge in [0, 0.05) is 37.9 Å². The van der Waals surface area contributed by atoms with E-state index < -0.39 is 10.0 Å². The zero-order chi connectivity index (χ0) is 18.9. The number of likely N-dealkylation sites (N-methyl/N-ethyl adjacent to an activating group) is 1. The van der Waals surface area contributed by atoms with Crippen LogP contribution in [0, 0.1) is 0 Å². The second-order valence-electron chi connectivity index (χ2n) is 6.90. The summed E-state index contributed by atoms with van der Waals surface area (Å²) in [4.78, 5) is 2.50. The molecule has 1 atom stereocenters. The van der Waals surface area contributed by atoms with Crippen molar-refractivity contribution in [3.05, 3.63) is 48.5 Å². The first kappa shape index (κ1) is 18.1. The molecule has 0 spiro atoms. The van der Waals surface area contributed by atoms with E-state index in [2.05, 4.69) is 17.0 Å². The van der Waals surface area contributed by atoms with Crippen LogP contribution in [0.3, 0.4) is 0 Å². The number of hydrogen-bond donors (Lipinski definition) is 0. The highest BCUT2D eigenvalue weighted by molar-refractivity contribution is 7.89. The van der Waals surface area contributed by atoms with Gasteiger partial charge in [0.25, 0.3) is 0 Å². The zero-order valence-corrected chi connectivity index (χ0v) is 16.2. The number of nitrogens with zero attached hydrogens (tertiary/aromatic N) is 2. The van der Waals surface area contributed by atoms with Crippen molar-refractivity contribution in [1.82, 2.24) is 4.31 Å². The van der Waals surface area contributed by atoms with Crippen LogP contribution in [0.4, 0.5) is 5.69 Å². The maximum Gasteiger partial charge on any atom is 0.243 e. The fourth-order valence-corrected chi connectivity index (χ4v) is 5.06. The fourth-order valence-electron chi connectivity index (χ4n) is 3.67. The molecule has 0 bridgehead atoms. The quantitative estimate of drug-likeness (QED) is 0.806. The summed E-state index contributed by atoms with van der Waals surface area (Å²) in [6, 6.07) is 14.9. The Bertz CT molecular complexity index is 901. The van der Waals surface area contributed by atoms with Gasteiger partial charge in [0.2, 0.25) is 10.0 Å². The van der Waals surface area contributed by atoms with Crippen molar-refractivity contribution in [2.45, 2.75) is 23.8 Å². The van der Waals surface area contributed by atoms with E-state index in [0.29, 0.717) is 31.3 Å². The third-order valence-electron chi connectivity index (χ3n) is 5.22. The van der Waals surface area contributed by atoms with Crippen molar-refractivity contribution in [1.29, 1.82) is 0 Å². The predicted molar refractivity (Wildman–Crippen MR) is 104 cm³/mol. The first-order chi connectivity index (χ1) is 13.1. The molecular formula is C20H24N2O4S. The zero-order valence-electron chi connectivity index (χ0n) is 15.4. The van der Waals surface area contributed by atoms with Gasteiger partial charge in [0.1, 0.15) is 13.2 Å². The standard InChI is InChI=1S/C20H24N2O4S/c1-21(17-8-5-11-22(15-17)16-6-3-2-4-7-16)27(23,24)18-9-10-19-20(14-18)26-13-12-25-19/h2-4,6-7,9-10,14,17H,5,8,11-13,15H2,1H3/t17-/m0/s1. The van der Waals surface area contributed by atoms with E-state index >= 15 is 0 Å². The Kier molecular flexibility index (Phi) is 4.97. The van der Waals surface area contributed by atoms with Gasteiger partial charge in [-0.15, -0.1) is 0 Å². The molecule has 144 valence electrons. The lowest BCUT2D eigenvalue weighted by Crippen LogP contribution is -2.48. The average molecular weight is 388 g/mol. The summed E-state index contributed by atoms with van der Waals surface area (Å²) in [5.74, 6) is 1.08. The molecule has 2 aliphatic heterocycles. The minimum Gasteiger partial charge on any atom is -0.486 e. The normalized spacial score (nSPS) is 19.9. The summed E-state index contributed by atoms with van der Waals surface area (Å²) in [6.07, 6.45) is 1.81. The smallest absolute Gasteiger partial charge is 0.243 e. The number of benzene rings is 2. The molecule has 0 saturated carbocycles.